The Balaban J connectivity index is 4.24. The van der Waals surface area contributed by atoms with Crippen molar-refractivity contribution >= 4 is 8.32 Å². The van der Waals surface area contributed by atoms with Gasteiger partial charge >= 0.3 is 0 Å². The Morgan fingerprint density at radius 2 is 1.44 bits per heavy atom. The SMILES string of the molecule is CO[Si](C)(C)CNCCN(C(C)(C)C)C(C)(C)C. The van der Waals surface area contributed by atoms with Gasteiger partial charge in [-0.2, -0.15) is 0 Å². The second kappa shape index (κ2) is 6.50. The van der Waals surface area contributed by atoms with Crippen LogP contribution in [0.15, 0.2) is 0 Å². The fourth-order valence-corrected chi connectivity index (χ4v) is 3.25. The largest absolute Gasteiger partial charge is 0.419 e. The average molecular weight is 275 g/mol. The van der Waals surface area contributed by atoms with Crippen molar-refractivity contribution in [3.63, 3.8) is 0 Å². The molecule has 0 fully saturated rings. The lowest BCUT2D eigenvalue weighted by Gasteiger charge is -2.45. The molecule has 1 N–H and O–H groups in total. The normalized spacial score (nSPS) is 14.3. The van der Waals surface area contributed by atoms with Gasteiger partial charge in [0, 0.05) is 37.4 Å². The minimum absolute atomic E-state index is 0.203. The van der Waals surface area contributed by atoms with Gasteiger partial charge < -0.3 is 9.74 Å². The lowest BCUT2D eigenvalue weighted by molar-refractivity contribution is 0.0400. The van der Waals surface area contributed by atoms with E-state index in [9.17, 15) is 0 Å². The molecule has 0 unspecified atom stereocenters. The summed E-state index contributed by atoms with van der Waals surface area (Å²) in [6, 6.07) is 0. The number of hydrogen-bond donors (Lipinski definition) is 1. The molecule has 0 heterocycles. The summed E-state index contributed by atoms with van der Waals surface area (Å²) < 4.78 is 5.54. The van der Waals surface area contributed by atoms with Crippen molar-refractivity contribution < 1.29 is 4.43 Å². The van der Waals surface area contributed by atoms with E-state index in [-0.39, 0.29) is 11.1 Å². The van der Waals surface area contributed by atoms with Gasteiger partial charge in [-0.1, -0.05) is 0 Å². The number of nitrogens with zero attached hydrogens (tertiary/aromatic N) is 1. The highest BCUT2D eigenvalue weighted by Crippen LogP contribution is 2.23. The van der Waals surface area contributed by atoms with Crippen LogP contribution < -0.4 is 5.32 Å². The fraction of sp³-hybridized carbons (Fsp3) is 1.00. The fourth-order valence-electron chi connectivity index (χ4n) is 2.33. The van der Waals surface area contributed by atoms with Crippen LogP contribution in [0.3, 0.4) is 0 Å². The van der Waals surface area contributed by atoms with E-state index in [0.29, 0.717) is 0 Å². The first-order chi connectivity index (χ1) is 7.90. The maximum Gasteiger partial charge on any atom is 0.199 e. The van der Waals surface area contributed by atoms with Gasteiger partial charge in [0.2, 0.25) is 0 Å². The van der Waals surface area contributed by atoms with Crippen molar-refractivity contribution in [1.29, 1.82) is 0 Å². The summed E-state index contributed by atoms with van der Waals surface area (Å²) in [7, 11) is 0.353. The molecule has 0 aromatic carbocycles. The zero-order chi connectivity index (χ0) is 14.6. The summed E-state index contributed by atoms with van der Waals surface area (Å²) in [5.41, 5.74) is 0.405. The van der Waals surface area contributed by atoms with Crippen molar-refractivity contribution in [2.45, 2.75) is 65.7 Å². The van der Waals surface area contributed by atoms with E-state index in [2.05, 4.69) is 64.9 Å². The first-order valence-corrected chi connectivity index (χ1v) is 10.1. The van der Waals surface area contributed by atoms with Gasteiger partial charge in [0.1, 0.15) is 0 Å². The molecule has 0 atom stereocenters. The van der Waals surface area contributed by atoms with Crippen LogP contribution in [0.25, 0.3) is 0 Å². The second-order valence-corrected chi connectivity index (χ2v) is 11.9. The molecule has 0 spiro atoms. The summed E-state index contributed by atoms with van der Waals surface area (Å²) in [4.78, 5) is 2.55. The van der Waals surface area contributed by atoms with Crippen molar-refractivity contribution in [2.24, 2.45) is 0 Å². The van der Waals surface area contributed by atoms with Gasteiger partial charge in [0.05, 0.1) is 0 Å². The maximum absolute atomic E-state index is 5.54. The Bertz CT molecular complexity index is 227. The molecule has 0 rings (SSSR count). The van der Waals surface area contributed by atoms with Gasteiger partial charge in [0.15, 0.2) is 8.32 Å². The van der Waals surface area contributed by atoms with Crippen LogP contribution in [0.4, 0.5) is 0 Å². The van der Waals surface area contributed by atoms with Gasteiger partial charge in [0.25, 0.3) is 0 Å². The predicted molar refractivity (Wildman–Crippen MR) is 83.6 cm³/mol. The summed E-state index contributed by atoms with van der Waals surface area (Å²) in [6.07, 6.45) is 1.02. The summed E-state index contributed by atoms with van der Waals surface area (Å²) in [5.74, 6) is 0. The molecule has 18 heavy (non-hydrogen) atoms. The monoisotopic (exact) mass is 274 g/mol. The summed E-state index contributed by atoms with van der Waals surface area (Å²) >= 11 is 0. The van der Waals surface area contributed by atoms with Crippen LogP contribution >= 0.6 is 0 Å². The third kappa shape index (κ3) is 6.88. The number of nitrogens with one attached hydrogen (secondary N) is 1. The van der Waals surface area contributed by atoms with E-state index in [0.717, 1.165) is 19.3 Å². The van der Waals surface area contributed by atoms with Gasteiger partial charge in [-0.25, -0.2) is 0 Å². The zero-order valence-electron chi connectivity index (χ0n) is 14.0. The average Bonchev–Trinajstić information content (AvgIpc) is 2.13. The molecule has 0 amide bonds. The van der Waals surface area contributed by atoms with E-state index in [1.807, 2.05) is 7.11 Å². The quantitative estimate of drug-likeness (QED) is 0.595. The molecule has 0 aliphatic rings. The molecule has 0 aromatic heterocycles. The van der Waals surface area contributed by atoms with Gasteiger partial charge in [-0.3, -0.25) is 4.90 Å². The Labute approximate surface area is 115 Å². The van der Waals surface area contributed by atoms with Crippen molar-refractivity contribution in [1.82, 2.24) is 10.2 Å². The van der Waals surface area contributed by atoms with Crippen LogP contribution in [0, 0.1) is 0 Å². The van der Waals surface area contributed by atoms with Crippen molar-refractivity contribution in [2.75, 3.05) is 26.4 Å². The van der Waals surface area contributed by atoms with Crippen LogP contribution in [0.2, 0.25) is 13.1 Å². The third-order valence-corrected chi connectivity index (χ3v) is 5.44. The zero-order valence-corrected chi connectivity index (χ0v) is 15.0. The van der Waals surface area contributed by atoms with Crippen molar-refractivity contribution in [3.8, 4) is 0 Å². The molecule has 110 valence electrons. The molecular weight excluding hydrogens is 240 g/mol. The van der Waals surface area contributed by atoms with E-state index in [4.69, 9.17) is 4.43 Å². The van der Waals surface area contributed by atoms with Gasteiger partial charge in [-0.15, -0.1) is 0 Å². The minimum atomic E-state index is -1.47. The van der Waals surface area contributed by atoms with E-state index in [1.54, 1.807) is 0 Å². The smallest absolute Gasteiger partial charge is 0.199 e. The highest BCUT2D eigenvalue weighted by atomic mass is 28.4. The lowest BCUT2D eigenvalue weighted by atomic mass is 9.96. The molecule has 3 nitrogen and oxygen atoms in total. The molecule has 0 saturated heterocycles. The summed E-state index contributed by atoms with van der Waals surface area (Å²) in [5, 5.41) is 3.55. The van der Waals surface area contributed by atoms with Gasteiger partial charge in [-0.05, 0) is 54.6 Å². The van der Waals surface area contributed by atoms with Crippen molar-refractivity contribution in [3.05, 3.63) is 0 Å². The Hall–Kier alpha value is 0.0969. The molecule has 4 heteroatoms. The van der Waals surface area contributed by atoms with Crippen LogP contribution in [0.1, 0.15) is 41.5 Å². The van der Waals surface area contributed by atoms with E-state index >= 15 is 0 Å². The molecule has 0 aliphatic carbocycles. The second-order valence-electron chi connectivity index (χ2n) is 7.63. The highest BCUT2D eigenvalue weighted by molar-refractivity contribution is 6.71. The molecule has 0 aliphatic heterocycles. The topological polar surface area (TPSA) is 24.5 Å². The standard InChI is InChI=1S/C14H34N2OSi/c1-13(2,3)16(14(4,5)6)11-10-15-12-18(8,9)17-7/h15H,10-12H2,1-9H3. The van der Waals surface area contributed by atoms with Crippen LogP contribution in [-0.4, -0.2) is 50.7 Å². The highest BCUT2D eigenvalue weighted by Gasteiger charge is 2.30. The first kappa shape index (κ1) is 18.1. The Morgan fingerprint density at radius 1 is 1.00 bits per heavy atom. The molecule has 0 bridgehead atoms. The van der Waals surface area contributed by atoms with E-state index in [1.165, 1.54) is 0 Å². The lowest BCUT2D eigenvalue weighted by Crippen LogP contribution is -2.55. The minimum Gasteiger partial charge on any atom is -0.419 e. The predicted octanol–water partition coefficient (Wildman–Crippen LogP) is 2.87. The number of rotatable bonds is 6. The van der Waals surface area contributed by atoms with E-state index < -0.39 is 8.32 Å². The van der Waals surface area contributed by atoms with Crippen LogP contribution in [0.5, 0.6) is 0 Å². The Kier molecular flexibility index (Phi) is 6.54. The first-order valence-electron chi connectivity index (χ1n) is 6.94. The number of hydrogen-bond acceptors (Lipinski definition) is 3. The maximum atomic E-state index is 5.54. The third-order valence-electron chi connectivity index (χ3n) is 3.23. The molecular formula is C14H34N2OSi. The van der Waals surface area contributed by atoms with Crippen LogP contribution in [-0.2, 0) is 4.43 Å². The molecule has 0 aromatic rings. The Morgan fingerprint density at radius 3 is 1.78 bits per heavy atom. The molecule has 0 saturated carbocycles. The molecule has 0 radical (unpaired) electrons. The summed E-state index contributed by atoms with van der Waals surface area (Å²) in [6.45, 7) is 20.3.